The minimum Gasteiger partial charge on any atom is -0.322 e. The number of halogens is 1. The van der Waals surface area contributed by atoms with E-state index in [4.69, 9.17) is 6.42 Å². The normalized spacial score (nSPS) is 13.6. The molecular weight excluding hydrogens is 229 g/mol. The zero-order valence-corrected chi connectivity index (χ0v) is 9.96. The van der Waals surface area contributed by atoms with E-state index < -0.39 is 5.82 Å². The molecule has 0 aliphatic heterocycles. The Kier molecular flexibility index (Phi) is 3.29. The Bertz CT molecular complexity index is 605. The zero-order chi connectivity index (χ0) is 13.1. The molecule has 1 aromatic rings. The van der Waals surface area contributed by atoms with Crippen LogP contribution < -0.4 is 5.32 Å². The number of carbonyl (C=O) groups excluding carboxylic acids is 1. The Labute approximate surface area is 105 Å². The van der Waals surface area contributed by atoms with Crippen LogP contribution in [0.25, 0.3) is 0 Å². The summed E-state index contributed by atoms with van der Waals surface area (Å²) in [7, 11) is 0. The van der Waals surface area contributed by atoms with Crippen molar-refractivity contribution < 1.29 is 9.18 Å². The first-order chi connectivity index (χ1) is 8.60. The molecule has 0 atom stereocenters. The van der Waals surface area contributed by atoms with Gasteiger partial charge in [-0.15, -0.1) is 6.42 Å². The SMILES string of the molecule is C#Cc1cc(C(=O)NC2=CCC(C)=C2)ccc1F. The molecule has 3 heteroatoms. The fourth-order valence-electron chi connectivity index (χ4n) is 1.72. The Morgan fingerprint density at radius 1 is 1.50 bits per heavy atom. The number of allylic oxidation sites excluding steroid dienone is 3. The van der Waals surface area contributed by atoms with Crippen molar-refractivity contribution >= 4 is 5.91 Å². The first-order valence-corrected chi connectivity index (χ1v) is 5.55. The fraction of sp³-hybridized carbons (Fsp3) is 0.133. The molecule has 90 valence electrons. The monoisotopic (exact) mass is 241 g/mol. The molecule has 0 bridgehead atoms. The van der Waals surface area contributed by atoms with Crippen LogP contribution in [0.3, 0.4) is 0 Å². The van der Waals surface area contributed by atoms with E-state index >= 15 is 0 Å². The van der Waals surface area contributed by atoms with Gasteiger partial charge in [-0.25, -0.2) is 4.39 Å². The predicted molar refractivity (Wildman–Crippen MR) is 68.3 cm³/mol. The van der Waals surface area contributed by atoms with Crippen LogP contribution >= 0.6 is 0 Å². The van der Waals surface area contributed by atoms with Crippen molar-refractivity contribution in [2.75, 3.05) is 0 Å². The molecular formula is C15H12FNO. The van der Waals surface area contributed by atoms with Crippen molar-refractivity contribution in [2.45, 2.75) is 13.3 Å². The maximum atomic E-state index is 13.2. The molecule has 0 radical (unpaired) electrons. The van der Waals surface area contributed by atoms with Crippen LogP contribution in [0, 0.1) is 18.2 Å². The highest BCUT2D eigenvalue weighted by Crippen LogP contribution is 2.15. The first kappa shape index (κ1) is 12.1. The molecule has 0 saturated heterocycles. The highest BCUT2D eigenvalue weighted by molar-refractivity contribution is 5.96. The topological polar surface area (TPSA) is 29.1 Å². The number of benzene rings is 1. The minimum atomic E-state index is -0.495. The van der Waals surface area contributed by atoms with Gasteiger partial charge in [0.25, 0.3) is 5.91 Å². The Balaban J connectivity index is 2.18. The van der Waals surface area contributed by atoms with Crippen molar-refractivity contribution in [1.82, 2.24) is 5.32 Å². The molecule has 1 aliphatic carbocycles. The number of terminal acetylenes is 1. The standard InChI is InChI=1S/C15H12FNO/c1-3-11-9-12(5-7-14(11)16)15(18)17-13-6-4-10(2)8-13/h1,5-9H,4H2,2H3,(H,17,18). The molecule has 0 saturated carbocycles. The van der Waals surface area contributed by atoms with E-state index in [2.05, 4.69) is 11.2 Å². The second-order valence-corrected chi connectivity index (χ2v) is 4.15. The smallest absolute Gasteiger partial charge is 0.255 e. The Morgan fingerprint density at radius 3 is 2.89 bits per heavy atom. The lowest BCUT2D eigenvalue weighted by atomic mass is 10.1. The van der Waals surface area contributed by atoms with Gasteiger partial charge in [0, 0.05) is 11.3 Å². The van der Waals surface area contributed by atoms with Crippen LogP contribution in [0.5, 0.6) is 0 Å². The molecule has 1 N–H and O–H groups in total. The van der Waals surface area contributed by atoms with Crippen molar-refractivity contribution in [2.24, 2.45) is 0 Å². The van der Waals surface area contributed by atoms with E-state index in [9.17, 15) is 9.18 Å². The van der Waals surface area contributed by atoms with Crippen LogP contribution in [-0.2, 0) is 0 Å². The summed E-state index contributed by atoms with van der Waals surface area (Å²) in [6.07, 6.45) is 9.84. The summed E-state index contributed by atoms with van der Waals surface area (Å²) >= 11 is 0. The average Bonchev–Trinajstić information content (AvgIpc) is 2.75. The van der Waals surface area contributed by atoms with E-state index in [0.29, 0.717) is 5.56 Å². The lowest BCUT2D eigenvalue weighted by Crippen LogP contribution is -2.21. The maximum Gasteiger partial charge on any atom is 0.255 e. The lowest BCUT2D eigenvalue weighted by Gasteiger charge is -2.05. The summed E-state index contributed by atoms with van der Waals surface area (Å²) in [6.45, 7) is 1.99. The molecule has 2 nitrogen and oxygen atoms in total. The van der Waals surface area contributed by atoms with Crippen LogP contribution in [-0.4, -0.2) is 5.91 Å². The number of nitrogens with one attached hydrogen (secondary N) is 1. The molecule has 0 spiro atoms. The zero-order valence-electron chi connectivity index (χ0n) is 9.96. The molecule has 18 heavy (non-hydrogen) atoms. The summed E-state index contributed by atoms with van der Waals surface area (Å²) in [5, 5.41) is 2.75. The van der Waals surface area contributed by atoms with Gasteiger partial charge in [0.15, 0.2) is 0 Å². The van der Waals surface area contributed by atoms with Crippen LogP contribution in [0.2, 0.25) is 0 Å². The van der Waals surface area contributed by atoms with E-state index in [-0.39, 0.29) is 11.5 Å². The quantitative estimate of drug-likeness (QED) is 0.792. The molecule has 1 aliphatic rings. The molecule has 0 fully saturated rings. The lowest BCUT2D eigenvalue weighted by molar-refractivity contribution is 0.0967. The fourth-order valence-corrected chi connectivity index (χ4v) is 1.72. The van der Waals surface area contributed by atoms with Crippen LogP contribution in [0.15, 0.2) is 41.6 Å². The summed E-state index contributed by atoms with van der Waals surface area (Å²) in [4.78, 5) is 11.9. The van der Waals surface area contributed by atoms with Gasteiger partial charge >= 0.3 is 0 Å². The second kappa shape index (κ2) is 4.89. The van der Waals surface area contributed by atoms with E-state index in [1.165, 1.54) is 23.8 Å². The second-order valence-electron chi connectivity index (χ2n) is 4.15. The molecule has 0 unspecified atom stereocenters. The minimum absolute atomic E-state index is 0.0924. The van der Waals surface area contributed by atoms with Crippen LogP contribution in [0.1, 0.15) is 29.3 Å². The molecule has 0 heterocycles. The Morgan fingerprint density at radius 2 is 2.28 bits per heavy atom. The third kappa shape index (κ3) is 2.49. The first-order valence-electron chi connectivity index (χ1n) is 5.55. The highest BCUT2D eigenvalue weighted by Gasteiger charge is 2.11. The van der Waals surface area contributed by atoms with Gasteiger partial charge in [0.2, 0.25) is 0 Å². The highest BCUT2D eigenvalue weighted by atomic mass is 19.1. The van der Waals surface area contributed by atoms with Crippen molar-refractivity contribution in [3.63, 3.8) is 0 Å². The third-order valence-corrected chi connectivity index (χ3v) is 2.69. The van der Waals surface area contributed by atoms with Gasteiger partial charge in [-0.2, -0.15) is 0 Å². The molecule has 2 rings (SSSR count). The number of carbonyl (C=O) groups is 1. The Hall–Kier alpha value is -2.34. The van der Waals surface area contributed by atoms with E-state index in [1.807, 2.05) is 19.1 Å². The van der Waals surface area contributed by atoms with Gasteiger partial charge in [0.05, 0.1) is 5.56 Å². The summed E-state index contributed by atoms with van der Waals surface area (Å²) in [6, 6.07) is 3.99. The maximum absolute atomic E-state index is 13.2. The molecule has 0 aromatic heterocycles. The third-order valence-electron chi connectivity index (χ3n) is 2.69. The number of hydrogen-bond donors (Lipinski definition) is 1. The van der Waals surface area contributed by atoms with E-state index in [0.717, 1.165) is 12.1 Å². The van der Waals surface area contributed by atoms with Crippen molar-refractivity contribution in [1.29, 1.82) is 0 Å². The summed E-state index contributed by atoms with van der Waals surface area (Å²) in [5.41, 5.74) is 2.40. The van der Waals surface area contributed by atoms with Gasteiger partial charge in [-0.05, 0) is 37.6 Å². The van der Waals surface area contributed by atoms with Gasteiger partial charge in [-0.1, -0.05) is 17.6 Å². The van der Waals surface area contributed by atoms with Gasteiger partial charge < -0.3 is 5.32 Å². The number of amides is 1. The predicted octanol–water partition coefficient (Wildman–Crippen LogP) is 2.77. The van der Waals surface area contributed by atoms with Gasteiger partial charge in [-0.3, -0.25) is 4.79 Å². The molecule has 1 amide bonds. The largest absolute Gasteiger partial charge is 0.322 e. The van der Waals surface area contributed by atoms with Gasteiger partial charge in [0.1, 0.15) is 5.82 Å². The number of rotatable bonds is 2. The molecule has 1 aromatic carbocycles. The summed E-state index contributed by atoms with van der Waals surface area (Å²) in [5.74, 6) is 1.43. The van der Waals surface area contributed by atoms with Crippen molar-refractivity contribution in [3.8, 4) is 12.3 Å². The number of hydrogen-bond acceptors (Lipinski definition) is 1. The van der Waals surface area contributed by atoms with Crippen LogP contribution in [0.4, 0.5) is 4.39 Å². The average molecular weight is 241 g/mol. The summed E-state index contributed by atoms with van der Waals surface area (Å²) < 4.78 is 13.2. The van der Waals surface area contributed by atoms with E-state index in [1.54, 1.807) is 0 Å². The van der Waals surface area contributed by atoms with Crippen molar-refractivity contribution in [3.05, 3.63) is 58.6 Å².